The van der Waals surface area contributed by atoms with Crippen molar-refractivity contribution >= 4 is 10.9 Å². The molecule has 0 spiro atoms. The molecule has 2 fully saturated rings. The van der Waals surface area contributed by atoms with Crippen molar-refractivity contribution in [2.75, 3.05) is 33.4 Å². The third-order valence-electron chi connectivity index (χ3n) is 6.58. The average Bonchev–Trinajstić information content (AvgIpc) is 3.44. The molecule has 1 aliphatic heterocycles. The van der Waals surface area contributed by atoms with E-state index in [1.807, 2.05) is 18.2 Å². The summed E-state index contributed by atoms with van der Waals surface area (Å²) >= 11 is 0. The third kappa shape index (κ3) is 5.37. The van der Waals surface area contributed by atoms with Gasteiger partial charge >= 0.3 is 0 Å². The Morgan fingerprint density at radius 2 is 1.93 bits per heavy atom. The number of H-pyrrole nitrogens is 1. The standard InChI is InChI=1S/C25H36N2O3/c1-29-22-12-7-11-20-23(22)26-25(28)21(10-4-2-3-9-19-13-14-19)24(20)30-18-8-17-27-15-5-6-16-27/h7,11-12,19H,2-6,8-10,13-18H2,1H3,(H,26,28). The largest absolute Gasteiger partial charge is 0.495 e. The van der Waals surface area contributed by atoms with E-state index >= 15 is 0 Å². The first-order valence-electron chi connectivity index (χ1n) is 11.8. The number of likely N-dealkylation sites (tertiary alicyclic amines) is 1. The third-order valence-corrected chi connectivity index (χ3v) is 6.58. The highest BCUT2D eigenvalue weighted by Crippen LogP contribution is 2.35. The van der Waals surface area contributed by atoms with Gasteiger partial charge in [0.15, 0.2) is 0 Å². The van der Waals surface area contributed by atoms with E-state index < -0.39 is 0 Å². The zero-order valence-corrected chi connectivity index (χ0v) is 18.4. The van der Waals surface area contributed by atoms with Gasteiger partial charge < -0.3 is 19.4 Å². The number of nitrogens with zero attached hydrogens (tertiary/aromatic N) is 1. The van der Waals surface area contributed by atoms with Gasteiger partial charge in [-0.3, -0.25) is 4.79 Å². The first kappa shape index (κ1) is 21.2. The number of benzene rings is 1. The van der Waals surface area contributed by atoms with Crippen molar-refractivity contribution in [2.45, 2.75) is 64.2 Å². The number of ether oxygens (including phenoxy) is 2. The summed E-state index contributed by atoms with van der Waals surface area (Å²) < 4.78 is 11.8. The maximum Gasteiger partial charge on any atom is 0.255 e. The quantitative estimate of drug-likeness (QED) is 0.503. The van der Waals surface area contributed by atoms with Crippen LogP contribution in [0.4, 0.5) is 0 Å². The van der Waals surface area contributed by atoms with Crippen molar-refractivity contribution in [1.29, 1.82) is 0 Å². The molecule has 1 saturated carbocycles. The second kappa shape index (κ2) is 10.3. The number of fused-ring (bicyclic) bond motifs is 1. The fourth-order valence-electron chi connectivity index (χ4n) is 4.65. The highest BCUT2D eigenvalue weighted by Gasteiger charge is 2.20. The molecule has 1 aliphatic carbocycles. The highest BCUT2D eigenvalue weighted by atomic mass is 16.5. The molecule has 2 aliphatic rings. The average molecular weight is 413 g/mol. The van der Waals surface area contributed by atoms with E-state index in [-0.39, 0.29) is 5.56 Å². The Morgan fingerprint density at radius 1 is 1.10 bits per heavy atom. The van der Waals surface area contributed by atoms with E-state index in [1.54, 1.807) is 7.11 Å². The number of para-hydroxylation sites is 1. The number of unbranched alkanes of at least 4 members (excludes halogenated alkanes) is 2. The predicted octanol–water partition coefficient (Wildman–Crippen LogP) is 4.91. The van der Waals surface area contributed by atoms with E-state index in [1.165, 1.54) is 58.0 Å². The van der Waals surface area contributed by atoms with Gasteiger partial charge in [-0.15, -0.1) is 0 Å². The fraction of sp³-hybridized carbons (Fsp3) is 0.640. The number of methoxy groups -OCH3 is 1. The molecule has 2 aromatic rings. The van der Waals surface area contributed by atoms with Gasteiger partial charge in [-0.25, -0.2) is 0 Å². The summed E-state index contributed by atoms with van der Waals surface area (Å²) in [6, 6.07) is 5.88. The van der Waals surface area contributed by atoms with Crippen LogP contribution in [0.2, 0.25) is 0 Å². The molecule has 2 heterocycles. The lowest BCUT2D eigenvalue weighted by molar-refractivity contribution is 0.263. The summed E-state index contributed by atoms with van der Waals surface area (Å²) in [4.78, 5) is 18.5. The van der Waals surface area contributed by atoms with E-state index in [2.05, 4.69) is 9.88 Å². The van der Waals surface area contributed by atoms with Gasteiger partial charge in [0.1, 0.15) is 11.5 Å². The second-order valence-electron chi connectivity index (χ2n) is 8.94. The normalized spacial score (nSPS) is 17.0. The molecule has 0 amide bonds. The Kier molecular flexibility index (Phi) is 7.32. The molecule has 0 unspecified atom stereocenters. The van der Waals surface area contributed by atoms with Crippen LogP contribution in [0.3, 0.4) is 0 Å². The Hall–Kier alpha value is -2.01. The molecule has 5 heteroatoms. The van der Waals surface area contributed by atoms with Gasteiger partial charge in [-0.1, -0.05) is 38.2 Å². The lowest BCUT2D eigenvalue weighted by atomic mass is 10.0. The molecule has 1 N–H and O–H groups in total. The Labute approximate surface area is 179 Å². The maximum absolute atomic E-state index is 12.9. The SMILES string of the molecule is COc1cccc2c(OCCCN3CCCC3)c(CCCCCC3CC3)c(=O)[nH]c12. The van der Waals surface area contributed by atoms with E-state index in [0.29, 0.717) is 12.4 Å². The minimum atomic E-state index is -0.0382. The fourth-order valence-corrected chi connectivity index (χ4v) is 4.65. The van der Waals surface area contributed by atoms with Gasteiger partial charge in [0.2, 0.25) is 0 Å². The van der Waals surface area contributed by atoms with Crippen molar-refractivity contribution in [1.82, 2.24) is 9.88 Å². The van der Waals surface area contributed by atoms with Gasteiger partial charge in [-0.05, 0) is 63.2 Å². The van der Waals surface area contributed by atoms with Crippen LogP contribution in [-0.4, -0.2) is 43.2 Å². The predicted molar refractivity (Wildman–Crippen MR) is 122 cm³/mol. The minimum absolute atomic E-state index is 0.0382. The Balaban J connectivity index is 1.47. The molecule has 1 saturated heterocycles. The van der Waals surface area contributed by atoms with E-state index in [4.69, 9.17) is 9.47 Å². The zero-order chi connectivity index (χ0) is 20.8. The van der Waals surface area contributed by atoms with Gasteiger partial charge in [0.05, 0.1) is 24.8 Å². The second-order valence-corrected chi connectivity index (χ2v) is 8.94. The molecule has 5 nitrogen and oxygen atoms in total. The van der Waals surface area contributed by atoms with Crippen LogP contribution in [0.1, 0.15) is 63.4 Å². The smallest absolute Gasteiger partial charge is 0.255 e. The molecular formula is C25H36N2O3. The van der Waals surface area contributed by atoms with Crippen LogP contribution in [0, 0.1) is 5.92 Å². The molecule has 0 radical (unpaired) electrons. The van der Waals surface area contributed by atoms with Crippen molar-refractivity contribution < 1.29 is 9.47 Å². The van der Waals surface area contributed by atoms with Crippen LogP contribution in [-0.2, 0) is 6.42 Å². The Morgan fingerprint density at radius 3 is 2.70 bits per heavy atom. The summed E-state index contributed by atoms with van der Waals surface area (Å²) in [5.41, 5.74) is 1.49. The number of hydrogen-bond donors (Lipinski definition) is 1. The molecule has 0 bridgehead atoms. The first-order chi connectivity index (χ1) is 14.8. The van der Waals surface area contributed by atoms with E-state index in [9.17, 15) is 4.79 Å². The first-order valence-corrected chi connectivity index (χ1v) is 11.8. The Bertz CT molecular complexity index is 882. The van der Waals surface area contributed by atoms with Crippen molar-refractivity contribution in [2.24, 2.45) is 5.92 Å². The minimum Gasteiger partial charge on any atom is -0.495 e. The topological polar surface area (TPSA) is 54.6 Å². The number of rotatable bonds is 12. The lowest BCUT2D eigenvalue weighted by Crippen LogP contribution is -2.22. The summed E-state index contributed by atoms with van der Waals surface area (Å²) in [7, 11) is 1.64. The molecule has 4 rings (SSSR count). The summed E-state index contributed by atoms with van der Waals surface area (Å²) in [5.74, 6) is 2.43. The molecule has 164 valence electrons. The van der Waals surface area contributed by atoms with Crippen LogP contribution in [0.15, 0.2) is 23.0 Å². The highest BCUT2D eigenvalue weighted by molar-refractivity contribution is 5.90. The zero-order valence-electron chi connectivity index (χ0n) is 18.4. The number of nitrogens with one attached hydrogen (secondary N) is 1. The van der Waals surface area contributed by atoms with Gasteiger partial charge in [0, 0.05) is 11.9 Å². The monoisotopic (exact) mass is 412 g/mol. The lowest BCUT2D eigenvalue weighted by Gasteiger charge is -2.17. The molecule has 0 atom stereocenters. The van der Waals surface area contributed by atoms with Crippen molar-refractivity contribution in [3.05, 3.63) is 34.1 Å². The number of aromatic amines is 1. The van der Waals surface area contributed by atoms with Crippen LogP contribution in [0.5, 0.6) is 11.5 Å². The van der Waals surface area contributed by atoms with Crippen LogP contribution < -0.4 is 15.0 Å². The van der Waals surface area contributed by atoms with Crippen molar-refractivity contribution in [3.8, 4) is 11.5 Å². The summed E-state index contributed by atoms with van der Waals surface area (Å²) in [6.45, 7) is 4.12. The molecule has 30 heavy (non-hydrogen) atoms. The van der Waals surface area contributed by atoms with Crippen molar-refractivity contribution in [3.63, 3.8) is 0 Å². The molecular weight excluding hydrogens is 376 g/mol. The van der Waals surface area contributed by atoms with E-state index in [0.717, 1.165) is 53.9 Å². The summed E-state index contributed by atoms with van der Waals surface area (Å²) in [6.07, 6.45) is 12.1. The van der Waals surface area contributed by atoms with Crippen LogP contribution in [0.25, 0.3) is 10.9 Å². The van der Waals surface area contributed by atoms with Gasteiger partial charge in [0.25, 0.3) is 5.56 Å². The maximum atomic E-state index is 12.9. The molecule has 1 aromatic heterocycles. The van der Waals surface area contributed by atoms with Gasteiger partial charge in [-0.2, -0.15) is 0 Å². The molecule has 1 aromatic carbocycles. The number of hydrogen-bond acceptors (Lipinski definition) is 4. The summed E-state index contributed by atoms with van der Waals surface area (Å²) in [5, 5.41) is 0.947. The van der Waals surface area contributed by atoms with Crippen LogP contribution >= 0.6 is 0 Å². The number of aromatic nitrogens is 1. The number of pyridine rings is 1.